The van der Waals surface area contributed by atoms with Crippen molar-refractivity contribution in [1.29, 1.82) is 0 Å². The van der Waals surface area contributed by atoms with Crippen LogP contribution >= 0.6 is 0 Å². The lowest BCUT2D eigenvalue weighted by molar-refractivity contribution is -0.890. The molecule has 0 heterocycles. The maximum atomic E-state index is 2.43. The van der Waals surface area contributed by atoms with Crippen LogP contribution in [-0.4, -0.2) is 31.7 Å². The van der Waals surface area contributed by atoms with Crippen LogP contribution in [0.1, 0.15) is 142 Å². The third-order valence-electron chi connectivity index (χ3n) is 6.23. The van der Waals surface area contributed by atoms with Crippen molar-refractivity contribution in [1.82, 2.24) is 0 Å². The van der Waals surface area contributed by atoms with Crippen molar-refractivity contribution in [3.63, 3.8) is 0 Å². The summed E-state index contributed by atoms with van der Waals surface area (Å²) < 4.78 is 1.24. The van der Waals surface area contributed by atoms with Crippen molar-refractivity contribution >= 4 is 0 Å². The highest BCUT2D eigenvalue weighted by Gasteiger charge is 2.13. The molecule has 0 fully saturated rings. The molecule has 1 heteroatoms. The quantitative estimate of drug-likeness (QED) is 0.129. The maximum Gasteiger partial charge on any atom is 0.0782 e. The predicted molar refractivity (Wildman–Crippen MR) is 126 cm³/mol. The Hall–Kier alpha value is -0.0400. The molecule has 0 aromatic heterocycles. The Balaban J connectivity index is 3.20. The van der Waals surface area contributed by atoms with Gasteiger partial charge in [-0.05, 0) is 25.7 Å². The van der Waals surface area contributed by atoms with E-state index in [9.17, 15) is 0 Å². The van der Waals surface area contributed by atoms with Crippen LogP contribution in [0.4, 0.5) is 0 Å². The number of hydrogen-bond acceptors (Lipinski definition) is 0. The molecule has 0 spiro atoms. The molecule has 0 amide bonds. The smallest absolute Gasteiger partial charge is 0.0782 e. The van der Waals surface area contributed by atoms with Crippen molar-refractivity contribution in [3.05, 3.63) is 0 Å². The van der Waals surface area contributed by atoms with Gasteiger partial charge in [0.25, 0.3) is 0 Å². The number of quaternary nitrogens is 1. The van der Waals surface area contributed by atoms with E-state index < -0.39 is 0 Å². The first-order chi connectivity index (χ1) is 13.1. The molecule has 0 aliphatic rings. The summed E-state index contributed by atoms with van der Waals surface area (Å²) in [6.45, 7) is 7.36. The van der Waals surface area contributed by atoms with Crippen LogP contribution in [-0.2, 0) is 0 Å². The molecule has 0 atom stereocenters. The second-order valence-electron chi connectivity index (χ2n) is 9.75. The van der Waals surface area contributed by atoms with Crippen LogP contribution in [0, 0.1) is 0 Å². The molecule has 0 aliphatic heterocycles. The van der Waals surface area contributed by atoms with Gasteiger partial charge >= 0.3 is 0 Å². The fourth-order valence-corrected chi connectivity index (χ4v) is 4.17. The minimum atomic E-state index is 1.24. The molecule has 0 aliphatic carbocycles. The summed E-state index contributed by atoms with van der Waals surface area (Å²) in [7, 11) is 4.86. The average Bonchev–Trinajstić information content (AvgIpc) is 2.65. The van der Waals surface area contributed by atoms with E-state index in [-0.39, 0.29) is 0 Å². The average molecular weight is 383 g/mol. The van der Waals surface area contributed by atoms with Crippen molar-refractivity contribution in [3.8, 4) is 0 Å². The van der Waals surface area contributed by atoms with E-state index >= 15 is 0 Å². The lowest BCUT2D eigenvalue weighted by Gasteiger charge is -2.30. The summed E-state index contributed by atoms with van der Waals surface area (Å²) in [6, 6.07) is 0. The molecule has 0 saturated carbocycles. The first-order valence-electron chi connectivity index (χ1n) is 12.9. The fourth-order valence-electron chi connectivity index (χ4n) is 4.17. The van der Waals surface area contributed by atoms with Gasteiger partial charge in [0.1, 0.15) is 0 Å². The summed E-state index contributed by atoms with van der Waals surface area (Å²) in [5.74, 6) is 0. The summed E-state index contributed by atoms with van der Waals surface area (Å²) >= 11 is 0. The Morgan fingerprint density at radius 2 is 0.556 bits per heavy atom. The maximum absolute atomic E-state index is 2.43. The van der Waals surface area contributed by atoms with Crippen molar-refractivity contribution in [2.75, 3.05) is 27.2 Å². The Kier molecular flexibility index (Phi) is 20.7. The van der Waals surface area contributed by atoms with Crippen LogP contribution in [0.15, 0.2) is 0 Å². The zero-order valence-electron chi connectivity index (χ0n) is 20.0. The third kappa shape index (κ3) is 22.1. The van der Waals surface area contributed by atoms with Gasteiger partial charge in [0.05, 0.1) is 27.2 Å². The standard InChI is InChI=1S/C26H56N/c1-5-7-9-11-12-13-14-15-16-17-18-19-20-21-22-24-26-27(3,4)25-23-10-8-6-2/h5-26H2,1-4H3/q+1. The lowest BCUT2D eigenvalue weighted by atomic mass is 10.0. The van der Waals surface area contributed by atoms with Crippen molar-refractivity contribution in [2.24, 2.45) is 0 Å². The van der Waals surface area contributed by atoms with Gasteiger partial charge in [0.15, 0.2) is 0 Å². The van der Waals surface area contributed by atoms with Gasteiger partial charge in [0.2, 0.25) is 0 Å². The zero-order chi connectivity index (χ0) is 20.1. The Morgan fingerprint density at radius 1 is 0.333 bits per heavy atom. The molecule has 0 bridgehead atoms. The molecule has 1 nitrogen and oxygen atoms in total. The number of hydrogen-bond donors (Lipinski definition) is 0. The van der Waals surface area contributed by atoms with Gasteiger partial charge in [-0.25, -0.2) is 0 Å². The molecule has 0 N–H and O–H groups in total. The van der Waals surface area contributed by atoms with Crippen LogP contribution in [0.25, 0.3) is 0 Å². The molecule has 0 aromatic carbocycles. The van der Waals surface area contributed by atoms with Gasteiger partial charge < -0.3 is 4.48 Å². The molecule has 27 heavy (non-hydrogen) atoms. The number of rotatable bonds is 22. The SMILES string of the molecule is CCCCCCCCCCCCCCCCCC[N+](C)(C)CCCCCC. The molecule has 0 saturated heterocycles. The van der Waals surface area contributed by atoms with E-state index in [1.54, 1.807) is 0 Å². The highest BCUT2D eigenvalue weighted by Crippen LogP contribution is 2.14. The summed E-state index contributed by atoms with van der Waals surface area (Å²) in [6.07, 6.45) is 29.0. The van der Waals surface area contributed by atoms with Gasteiger partial charge in [-0.2, -0.15) is 0 Å². The monoisotopic (exact) mass is 382 g/mol. The van der Waals surface area contributed by atoms with Gasteiger partial charge in [-0.3, -0.25) is 0 Å². The van der Waals surface area contributed by atoms with E-state index in [0.717, 1.165) is 0 Å². The predicted octanol–water partition coefficient (Wildman–Crippen LogP) is 8.90. The third-order valence-corrected chi connectivity index (χ3v) is 6.23. The highest BCUT2D eigenvalue weighted by molar-refractivity contribution is 4.50. The summed E-state index contributed by atoms with van der Waals surface area (Å²) in [5.41, 5.74) is 0. The first kappa shape index (κ1) is 27.0. The van der Waals surface area contributed by atoms with Crippen LogP contribution in [0.2, 0.25) is 0 Å². The molecular formula is C26H56N+. The molecule has 0 unspecified atom stereocenters. The Bertz CT molecular complexity index is 271. The number of nitrogens with zero attached hydrogens (tertiary/aromatic N) is 1. The second kappa shape index (κ2) is 20.7. The minimum absolute atomic E-state index is 1.24. The van der Waals surface area contributed by atoms with Crippen molar-refractivity contribution in [2.45, 2.75) is 142 Å². The molecule has 0 rings (SSSR count). The van der Waals surface area contributed by atoms with Crippen LogP contribution in [0.5, 0.6) is 0 Å². The molecule has 0 radical (unpaired) electrons. The minimum Gasteiger partial charge on any atom is -0.328 e. The van der Waals surface area contributed by atoms with E-state index in [4.69, 9.17) is 0 Å². The van der Waals surface area contributed by atoms with Crippen LogP contribution < -0.4 is 0 Å². The van der Waals surface area contributed by atoms with Gasteiger partial charge in [-0.1, -0.05) is 117 Å². The second-order valence-corrected chi connectivity index (χ2v) is 9.75. The normalized spacial score (nSPS) is 12.0. The van der Waals surface area contributed by atoms with E-state index in [1.807, 2.05) is 0 Å². The van der Waals surface area contributed by atoms with Crippen LogP contribution in [0.3, 0.4) is 0 Å². The topological polar surface area (TPSA) is 0 Å². The first-order valence-corrected chi connectivity index (χ1v) is 12.9. The zero-order valence-corrected chi connectivity index (χ0v) is 20.0. The fraction of sp³-hybridized carbons (Fsp3) is 1.00. The molecule has 0 aromatic rings. The highest BCUT2D eigenvalue weighted by atomic mass is 15.3. The van der Waals surface area contributed by atoms with E-state index in [2.05, 4.69) is 27.9 Å². The van der Waals surface area contributed by atoms with Crippen molar-refractivity contribution < 1.29 is 4.48 Å². The van der Waals surface area contributed by atoms with Gasteiger partial charge in [0, 0.05) is 0 Å². The van der Waals surface area contributed by atoms with E-state index in [0.29, 0.717) is 0 Å². The molecular weight excluding hydrogens is 326 g/mol. The van der Waals surface area contributed by atoms with E-state index in [1.165, 1.54) is 146 Å². The lowest BCUT2D eigenvalue weighted by Crippen LogP contribution is -2.41. The Morgan fingerprint density at radius 3 is 0.852 bits per heavy atom. The molecule has 164 valence electrons. The summed E-state index contributed by atoms with van der Waals surface area (Å²) in [4.78, 5) is 0. The largest absolute Gasteiger partial charge is 0.328 e. The van der Waals surface area contributed by atoms with Gasteiger partial charge in [-0.15, -0.1) is 0 Å². The number of unbranched alkanes of at least 4 members (excludes halogenated alkanes) is 18. The Labute approximate surface area is 174 Å². The summed E-state index contributed by atoms with van der Waals surface area (Å²) in [5, 5.41) is 0.